The van der Waals surface area contributed by atoms with Gasteiger partial charge in [0, 0.05) is 25.3 Å². The molecule has 0 aliphatic carbocycles. The van der Waals surface area contributed by atoms with Crippen LogP contribution in [0.3, 0.4) is 0 Å². The zero-order valence-corrected chi connectivity index (χ0v) is 21.1. The van der Waals surface area contributed by atoms with E-state index in [0.29, 0.717) is 31.1 Å². The molecule has 0 saturated carbocycles. The van der Waals surface area contributed by atoms with Crippen molar-refractivity contribution in [2.75, 3.05) is 25.1 Å². The second-order valence-electron chi connectivity index (χ2n) is 9.24. The van der Waals surface area contributed by atoms with Crippen LogP contribution in [-0.2, 0) is 30.6 Å². The normalized spacial score (nSPS) is 15.5. The van der Waals surface area contributed by atoms with E-state index in [0.717, 1.165) is 12.1 Å². The highest BCUT2D eigenvalue weighted by molar-refractivity contribution is 7.93. The first-order valence-electron chi connectivity index (χ1n) is 11.9. The fourth-order valence-electron chi connectivity index (χ4n) is 4.18. The highest BCUT2D eigenvalue weighted by atomic mass is 32.2. The number of sulfone groups is 1. The van der Waals surface area contributed by atoms with Gasteiger partial charge in [-0.05, 0) is 73.6 Å². The van der Waals surface area contributed by atoms with Gasteiger partial charge in [0.15, 0.2) is 14.6 Å². The van der Waals surface area contributed by atoms with Gasteiger partial charge < -0.3 is 20.5 Å². The molecule has 9 heteroatoms. The standard InChI is InChI=1S/C26H34N2O6S/c1-19(2)17-20-5-3-6-21(18-20)28-24(29)7-4-14-34-22-8-10-23(11-9-22)35(31,32)26(25(27)30)12-15-33-16-13-26/h3,5-6,8-11,18-19H,4,7,12-17H2,1-2H3,(H2,27,30)(H,28,29). The van der Waals surface area contributed by atoms with Crippen molar-refractivity contribution in [1.29, 1.82) is 0 Å². The molecular formula is C26H34N2O6S. The maximum absolute atomic E-state index is 13.2. The molecule has 3 N–H and O–H groups in total. The molecule has 1 heterocycles. The van der Waals surface area contributed by atoms with Crippen LogP contribution in [0.15, 0.2) is 53.4 Å². The average molecular weight is 503 g/mol. The van der Waals surface area contributed by atoms with Crippen molar-refractivity contribution in [1.82, 2.24) is 0 Å². The third-order valence-corrected chi connectivity index (χ3v) is 8.60. The number of ether oxygens (including phenoxy) is 2. The zero-order chi connectivity index (χ0) is 25.5. The number of primary amides is 1. The van der Waals surface area contributed by atoms with Gasteiger partial charge in [-0.15, -0.1) is 0 Å². The van der Waals surface area contributed by atoms with E-state index in [1.807, 2.05) is 18.2 Å². The van der Waals surface area contributed by atoms with Crippen molar-refractivity contribution in [3.8, 4) is 5.75 Å². The Morgan fingerprint density at radius 3 is 2.43 bits per heavy atom. The predicted octanol–water partition coefficient (Wildman–Crippen LogP) is 3.49. The maximum Gasteiger partial charge on any atom is 0.239 e. The average Bonchev–Trinajstić information content (AvgIpc) is 2.82. The summed E-state index contributed by atoms with van der Waals surface area (Å²) in [7, 11) is -3.98. The number of nitrogens with one attached hydrogen (secondary N) is 1. The quantitative estimate of drug-likeness (QED) is 0.453. The molecule has 1 saturated heterocycles. The summed E-state index contributed by atoms with van der Waals surface area (Å²) in [6, 6.07) is 13.8. The largest absolute Gasteiger partial charge is 0.494 e. The minimum atomic E-state index is -3.98. The van der Waals surface area contributed by atoms with Crippen LogP contribution in [0.2, 0.25) is 0 Å². The van der Waals surface area contributed by atoms with Crippen LogP contribution in [0.25, 0.3) is 0 Å². The van der Waals surface area contributed by atoms with E-state index in [4.69, 9.17) is 15.2 Å². The summed E-state index contributed by atoms with van der Waals surface area (Å²) in [5.74, 6) is 0.0697. The van der Waals surface area contributed by atoms with E-state index >= 15 is 0 Å². The van der Waals surface area contributed by atoms with Gasteiger partial charge in [0.1, 0.15) is 5.75 Å². The van der Waals surface area contributed by atoms with E-state index in [1.54, 1.807) is 12.1 Å². The number of rotatable bonds is 11. The summed E-state index contributed by atoms with van der Waals surface area (Å²) >= 11 is 0. The van der Waals surface area contributed by atoms with Crippen molar-refractivity contribution >= 4 is 27.3 Å². The molecule has 2 amide bonds. The second kappa shape index (κ2) is 11.7. The highest BCUT2D eigenvalue weighted by Gasteiger charge is 2.51. The van der Waals surface area contributed by atoms with Crippen molar-refractivity contribution in [2.45, 2.75) is 55.6 Å². The predicted molar refractivity (Wildman–Crippen MR) is 134 cm³/mol. The molecule has 2 aromatic carbocycles. The second-order valence-corrected chi connectivity index (χ2v) is 11.5. The van der Waals surface area contributed by atoms with Gasteiger partial charge in [-0.2, -0.15) is 0 Å². The lowest BCUT2D eigenvalue weighted by atomic mass is 9.98. The first-order valence-corrected chi connectivity index (χ1v) is 13.4. The van der Waals surface area contributed by atoms with Crippen molar-refractivity contribution in [2.24, 2.45) is 11.7 Å². The molecule has 35 heavy (non-hydrogen) atoms. The lowest BCUT2D eigenvalue weighted by Crippen LogP contribution is -2.53. The Balaban J connectivity index is 1.50. The molecule has 0 unspecified atom stereocenters. The summed E-state index contributed by atoms with van der Waals surface area (Å²) in [5.41, 5.74) is 7.47. The van der Waals surface area contributed by atoms with Gasteiger partial charge in [0.2, 0.25) is 11.8 Å². The zero-order valence-electron chi connectivity index (χ0n) is 20.3. The van der Waals surface area contributed by atoms with Crippen LogP contribution in [0.1, 0.15) is 45.1 Å². The number of hydrogen-bond donors (Lipinski definition) is 2. The Kier molecular flexibility index (Phi) is 8.91. The topological polar surface area (TPSA) is 125 Å². The number of carbonyl (C=O) groups is 2. The number of nitrogens with two attached hydrogens (primary N) is 1. The van der Waals surface area contributed by atoms with Crippen LogP contribution in [0.4, 0.5) is 5.69 Å². The third-order valence-electron chi connectivity index (χ3n) is 6.07. The minimum Gasteiger partial charge on any atom is -0.494 e. The SMILES string of the molecule is CC(C)Cc1cccc(NC(=O)CCCOc2ccc(S(=O)(=O)C3(C(N)=O)CCOCC3)cc2)c1. The molecule has 0 spiro atoms. The van der Waals surface area contributed by atoms with Gasteiger partial charge in [-0.1, -0.05) is 26.0 Å². The van der Waals surface area contributed by atoms with Gasteiger partial charge in [0.25, 0.3) is 0 Å². The van der Waals surface area contributed by atoms with Crippen molar-refractivity contribution < 1.29 is 27.5 Å². The van der Waals surface area contributed by atoms with Crippen LogP contribution >= 0.6 is 0 Å². The van der Waals surface area contributed by atoms with Crippen LogP contribution in [0, 0.1) is 5.92 Å². The Hall–Kier alpha value is -2.91. The Morgan fingerprint density at radius 1 is 1.11 bits per heavy atom. The van der Waals surface area contributed by atoms with E-state index in [1.165, 1.54) is 17.7 Å². The third kappa shape index (κ3) is 6.61. The number of amides is 2. The molecule has 8 nitrogen and oxygen atoms in total. The van der Waals surface area contributed by atoms with Crippen LogP contribution in [0.5, 0.6) is 5.75 Å². The van der Waals surface area contributed by atoms with Gasteiger partial charge in [-0.3, -0.25) is 9.59 Å². The summed E-state index contributed by atoms with van der Waals surface area (Å²) in [6.07, 6.45) is 1.82. The Morgan fingerprint density at radius 2 is 1.80 bits per heavy atom. The maximum atomic E-state index is 13.2. The Labute approximate surface area is 207 Å². The summed E-state index contributed by atoms with van der Waals surface area (Å²) in [6.45, 7) is 4.94. The number of anilines is 1. The van der Waals surface area contributed by atoms with E-state index in [-0.39, 0.29) is 36.9 Å². The van der Waals surface area contributed by atoms with Crippen LogP contribution in [-0.4, -0.2) is 44.8 Å². The summed E-state index contributed by atoms with van der Waals surface area (Å²) in [4.78, 5) is 24.4. The Bertz CT molecular complexity index is 1120. The molecule has 1 aliphatic rings. The molecule has 0 atom stereocenters. The van der Waals surface area contributed by atoms with E-state index in [2.05, 4.69) is 25.2 Å². The fourth-order valence-corrected chi connectivity index (χ4v) is 6.10. The van der Waals surface area contributed by atoms with E-state index < -0.39 is 20.5 Å². The van der Waals surface area contributed by atoms with Gasteiger partial charge in [0.05, 0.1) is 11.5 Å². The monoisotopic (exact) mass is 502 g/mol. The van der Waals surface area contributed by atoms with Gasteiger partial charge in [-0.25, -0.2) is 8.42 Å². The van der Waals surface area contributed by atoms with Crippen molar-refractivity contribution in [3.63, 3.8) is 0 Å². The minimum absolute atomic E-state index is 0.0182. The number of benzene rings is 2. The molecule has 2 aromatic rings. The summed E-state index contributed by atoms with van der Waals surface area (Å²) in [5, 5.41) is 2.91. The van der Waals surface area contributed by atoms with Gasteiger partial charge >= 0.3 is 0 Å². The lowest BCUT2D eigenvalue weighted by molar-refractivity contribution is -0.123. The molecule has 0 aromatic heterocycles. The van der Waals surface area contributed by atoms with Crippen molar-refractivity contribution in [3.05, 3.63) is 54.1 Å². The summed E-state index contributed by atoms with van der Waals surface area (Å²) < 4.78 is 35.6. The lowest BCUT2D eigenvalue weighted by Gasteiger charge is -2.33. The van der Waals surface area contributed by atoms with E-state index in [9.17, 15) is 18.0 Å². The molecule has 3 rings (SSSR count). The first kappa shape index (κ1) is 26.7. The fraction of sp³-hybridized carbons (Fsp3) is 0.462. The highest BCUT2D eigenvalue weighted by Crippen LogP contribution is 2.35. The number of hydrogen-bond acceptors (Lipinski definition) is 6. The molecule has 1 fully saturated rings. The first-order chi connectivity index (χ1) is 16.6. The molecular weight excluding hydrogens is 468 g/mol. The molecule has 190 valence electrons. The van der Waals surface area contributed by atoms with Crippen LogP contribution < -0.4 is 15.8 Å². The number of carbonyl (C=O) groups excluding carboxylic acids is 2. The molecule has 0 bridgehead atoms. The molecule has 1 aliphatic heterocycles. The molecule has 0 radical (unpaired) electrons. The smallest absolute Gasteiger partial charge is 0.239 e.